The van der Waals surface area contributed by atoms with Gasteiger partial charge in [0.2, 0.25) is 0 Å². The first-order chi connectivity index (χ1) is 5.38. The summed E-state index contributed by atoms with van der Waals surface area (Å²) in [7, 11) is 0. The zero-order valence-electron chi connectivity index (χ0n) is 6.35. The zero-order chi connectivity index (χ0) is 7.68. The Labute approximate surface area is 66.7 Å². The molecule has 1 nitrogen and oxygen atoms in total. The molecule has 0 aromatic rings. The minimum atomic E-state index is -0.175. The highest BCUT2D eigenvalue weighted by Gasteiger charge is 2.25. The van der Waals surface area contributed by atoms with Crippen molar-refractivity contribution in [2.45, 2.75) is 12.5 Å². The summed E-state index contributed by atoms with van der Waals surface area (Å²) in [5, 5.41) is 9.57. The number of rotatable bonds is 0. The second-order valence-electron chi connectivity index (χ2n) is 3.16. The molecule has 1 N–H and O–H groups in total. The van der Waals surface area contributed by atoms with Gasteiger partial charge in [-0.1, -0.05) is 36.5 Å². The van der Waals surface area contributed by atoms with Crippen molar-refractivity contribution in [1.29, 1.82) is 0 Å². The summed E-state index contributed by atoms with van der Waals surface area (Å²) in [6.07, 6.45) is 13.2. The van der Waals surface area contributed by atoms with Crippen LogP contribution in [0.4, 0.5) is 0 Å². The predicted octanol–water partition coefficient (Wildman–Crippen LogP) is 1.67. The van der Waals surface area contributed by atoms with Crippen molar-refractivity contribution in [1.82, 2.24) is 0 Å². The second kappa shape index (κ2) is 2.67. The molecule has 2 aliphatic carbocycles. The van der Waals surface area contributed by atoms with E-state index in [0.717, 1.165) is 6.42 Å². The Kier molecular flexibility index (Phi) is 1.66. The van der Waals surface area contributed by atoms with E-state index in [-0.39, 0.29) is 6.10 Å². The summed E-state index contributed by atoms with van der Waals surface area (Å²) in [6.45, 7) is 0. The highest BCUT2D eigenvalue weighted by Crippen LogP contribution is 2.29. The molecule has 0 saturated carbocycles. The van der Waals surface area contributed by atoms with Crippen molar-refractivity contribution in [2.24, 2.45) is 11.8 Å². The maximum atomic E-state index is 9.57. The Morgan fingerprint density at radius 1 is 1.09 bits per heavy atom. The van der Waals surface area contributed by atoms with Gasteiger partial charge in [-0.05, 0) is 6.42 Å². The van der Waals surface area contributed by atoms with Crippen molar-refractivity contribution in [3.05, 3.63) is 36.5 Å². The van der Waals surface area contributed by atoms with Crippen LogP contribution in [-0.4, -0.2) is 11.2 Å². The second-order valence-corrected chi connectivity index (χ2v) is 3.16. The topological polar surface area (TPSA) is 20.2 Å². The number of aliphatic hydroxyl groups excluding tert-OH is 1. The lowest BCUT2D eigenvalue weighted by molar-refractivity contribution is 0.114. The molecule has 0 aromatic heterocycles. The molecule has 11 heavy (non-hydrogen) atoms. The quantitative estimate of drug-likeness (QED) is 0.518. The lowest BCUT2D eigenvalue weighted by atomic mass is 9.79. The van der Waals surface area contributed by atoms with Gasteiger partial charge < -0.3 is 5.11 Å². The van der Waals surface area contributed by atoms with Crippen molar-refractivity contribution < 1.29 is 5.11 Å². The molecule has 2 rings (SSSR count). The van der Waals surface area contributed by atoms with Crippen LogP contribution in [0.25, 0.3) is 0 Å². The average Bonchev–Trinajstić information content (AvgIpc) is 2.06. The fraction of sp³-hybridized carbons (Fsp3) is 0.400. The van der Waals surface area contributed by atoms with Gasteiger partial charge in [-0.15, -0.1) is 0 Å². The fourth-order valence-electron chi connectivity index (χ4n) is 1.75. The standard InChI is InChI=1S/C10H12O/c11-10-7-3-5-8-4-1-2-6-9(8)10/h1-6,8-11H,7H2. The van der Waals surface area contributed by atoms with Gasteiger partial charge >= 0.3 is 0 Å². The third-order valence-electron chi connectivity index (χ3n) is 2.40. The van der Waals surface area contributed by atoms with E-state index in [1.807, 2.05) is 12.2 Å². The van der Waals surface area contributed by atoms with Crippen LogP contribution in [-0.2, 0) is 0 Å². The van der Waals surface area contributed by atoms with E-state index in [4.69, 9.17) is 0 Å². The van der Waals surface area contributed by atoms with E-state index in [9.17, 15) is 5.11 Å². The highest BCUT2D eigenvalue weighted by atomic mass is 16.3. The van der Waals surface area contributed by atoms with Crippen LogP contribution in [0.3, 0.4) is 0 Å². The molecule has 0 spiro atoms. The Morgan fingerprint density at radius 2 is 1.91 bits per heavy atom. The Bertz CT molecular complexity index is 225. The molecule has 0 radical (unpaired) electrons. The smallest absolute Gasteiger partial charge is 0.0645 e. The van der Waals surface area contributed by atoms with E-state index in [0.29, 0.717) is 11.8 Å². The van der Waals surface area contributed by atoms with E-state index < -0.39 is 0 Å². The molecule has 3 atom stereocenters. The summed E-state index contributed by atoms with van der Waals surface area (Å²) in [5.41, 5.74) is 0. The summed E-state index contributed by atoms with van der Waals surface area (Å²) in [4.78, 5) is 0. The number of hydrogen-bond acceptors (Lipinski definition) is 1. The van der Waals surface area contributed by atoms with Gasteiger partial charge in [0.15, 0.2) is 0 Å². The van der Waals surface area contributed by atoms with E-state index >= 15 is 0 Å². The van der Waals surface area contributed by atoms with Crippen LogP contribution < -0.4 is 0 Å². The first kappa shape index (κ1) is 6.86. The molecule has 0 aliphatic heterocycles. The lowest BCUT2D eigenvalue weighted by Gasteiger charge is -2.29. The maximum absolute atomic E-state index is 9.57. The van der Waals surface area contributed by atoms with Crippen LogP contribution in [0, 0.1) is 11.8 Å². The van der Waals surface area contributed by atoms with Gasteiger partial charge in [0.05, 0.1) is 6.10 Å². The molecule has 0 heterocycles. The van der Waals surface area contributed by atoms with Crippen LogP contribution in [0.1, 0.15) is 6.42 Å². The van der Waals surface area contributed by atoms with Gasteiger partial charge in [0.1, 0.15) is 0 Å². The third-order valence-corrected chi connectivity index (χ3v) is 2.40. The maximum Gasteiger partial charge on any atom is 0.0645 e. The molecule has 0 fully saturated rings. The SMILES string of the molecule is OC1CC=CC2C=CC=CC21. The van der Waals surface area contributed by atoms with Crippen molar-refractivity contribution in [2.75, 3.05) is 0 Å². The normalized spacial score (nSPS) is 40.6. The summed E-state index contributed by atoms with van der Waals surface area (Å²) in [5.74, 6) is 0.758. The predicted molar refractivity (Wildman–Crippen MR) is 45.0 cm³/mol. The van der Waals surface area contributed by atoms with Gasteiger partial charge in [0, 0.05) is 11.8 Å². The average molecular weight is 148 g/mol. The Hall–Kier alpha value is -0.820. The summed E-state index contributed by atoms with van der Waals surface area (Å²) < 4.78 is 0. The van der Waals surface area contributed by atoms with Crippen molar-refractivity contribution >= 4 is 0 Å². The number of allylic oxidation sites excluding steroid dienone is 4. The first-order valence-corrected chi connectivity index (χ1v) is 4.07. The molecule has 2 aliphatic rings. The molecule has 1 heteroatoms. The Morgan fingerprint density at radius 3 is 2.73 bits per heavy atom. The molecule has 58 valence electrons. The summed E-state index contributed by atoms with van der Waals surface area (Å²) in [6, 6.07) is 0. The third kappa shape index (κ3) is 1.16. The zero-order valence-corrected chi connectivity index (χ0v) is 6.35. The van der Waals surface area contributed by atoms with E-state index in [1.165, 1.54) is 0 Å². The van der Waals surface area contributed by atoms with Gasteiger partial charge in [-0.25, -0.2) is 0 Å². The van der Waals surface area contributed by atoms with Crippen molar-refractivity contribution in [3.8, 4) is 0 Å². The van der Waals surface area contributed by atoms with Crippen LogP contribution >= 0.6 is 0 Å². The number of hydrogen-bond donors (Lipinski definition) is 1. The lowest BCUT2D eigenvalue weighted by Crippen LogP contribution is -2.27. The monoisotopic (exact) mass is 148 g/mol. The van der Waals surface area contributed by atoms with Gasteiger partial charge in [0.25, 0.3) is 0 Å². The molecule has 3 unspecified atom stereocenters. The minimum Gasteiger partial charge on any atom is -0.392 e. The first-order valence-electron chi connectivity index (χ1n) is 4.07. The van der Waals surface area contributed by atoms with E-state index in [2.05, 4.69) is 24.3 Å². The van der Waals surface area contributed by atoms with Gasteiger partial charge in [-0.2, -0.15) is 0 Å². The van der Waals surface area contributed by atoms with E-state index in [1.54, 1.807) is 0 Å². The number of fused-ring (bicyclic) bond motifs is 1. The highest BCUT2D eigenvalue weighted by molar-refractivity contribution is 5.22. The van der Waals surface area contributed by atoms with Crippen molar-refractivity contribution in [3.63, 3.8) is 0 Å². The number of aliphatic hydroxyl groups is 1. The molecule has 0 aromatic carbocycles. The molecular weight excluding hydrogens is 136 g/mol. The minimum absolute atomic E-state index is 0.175. The molecule has 0 bridgehead atoms. The summed E-state index contributed by atoms with van der Waals surface area (Å²) >= 11 is 0. The largest absolute Gasteiger partial charge is 0.392 e. The molecule has 0 saturated heterocycles. The molecular formula is C10H12O. The van der Waals surface area contributed by atoms with Crippen LogP contribution in [0.2, 0.25) is 0 Å². The van der Waals surface area contributed by atoms with Crippen LogP contribution in [0.5, 0.6) is 0 Å². The van der Waals surface area contributed by atoms with Gasteiger partial charge in [-0.3, -0.25) is 0 Å². The Balaban J connectivity index is 2.25. The fourth-order valence-corrected chi connectivity index (χ4v) is 1.75. The molecule has 0 amide bonds. The van der Waals surface area contributed by atoms with Crippen LogP contribution in [0.15, 0.2) is 36.5 Å².